The highest BCUT2D eigenvalue weighted by Crippen LogP contribution is 2.40. The highest BCUT2D eigenvalue weighted by molar-refractivity contribution is 7.91. The minimum absolute atomic E-state index is 0.0301. The van der Waals surface area contributed by atoms with E-state index in [-0.39, 0.29) is 30.1 Å². The van der Waals surface area contributed by atoms with Crippen LogP contribution in [0.4, 0.5) is 4.79 Å². The van der Waals surface area contributed by atoms with Crippen LogP contribution in [-0.2, 0) is 30.5 Å². The van der Waals surface area contributed by atoms with Crippen LogP contribution in [-0.4, -0.2) is 73.4 Å². The third-order valence-corrected chi connectivity index (χ3v) is 7.11. The van der Waals surface area contributed by atoms with Crippen LogP contribution in [0.2, 0.25) is 0 Å². The number of amides is 1. The molecule has 31 heavy (non-hydrogen) atoms. The van der Waals surface area contributed by atoms with E-state index in [9.17, 15) is 18.0 Å². The number of ether oxygens (including phenoxy) is 2. The van der Waals surface area contributed by atoms with Crippen LogP contribution in [0.1, 0.15) is 38.3 Å². The highest BCUT2D eigenvalue weighted by Gasteiger charge is 2.50. The quantitative estimate of drug-likeness (QED) is 0.697. The van der Waals surface area contributed by atoms with Gasteiger partial charge in [0.1, 0.15) is 5.60 Å². The summed E-state index contributed by atoms with van der Waals surface area (Å²) in [4.78, 5) is 27.2. The van der Waals surface area contributed by atoms with E-state index in [1.165, 1.54) is 12.0 Å². The maximum Gasteiger partial charge on any atom is 0.411 e. The van der Waals surface area contributed by atoms with Gasteiger partial charge < -0.3 is 14.6 Å². The molecular formula is C22H29NO7S. The number of hydrogen-bond acceptors (Lipinski definition) is 7. The van der Waals surface area contributed by atoms with Gasteiger partial charge in [-0.25, -0.2) is 18.0 Å². The SMILES string of the molecule is COC(=O)C1=C(c2ccc(CCO)cc2)CC2CS(=O)(=O)CC1N2C(=O)OC(C)(C)C. The van der Waals surface area contributed by atoms with Crippen molar-refractivity contribution < 1.29 is 32.6 Å². The largest absolute Gasteiger partial charge is 0.466 e. The smallest absolute Gasteiger partial charge is 0.411 e. The molecule has 9 heteroatoms. The van der Waals surface area contributed by atoms with E-state index in [2.05, 4.69) is 0 Å². The van der Waals surface area contributed by atoms with Gasteiger partial charge in [0, 0.05) is 6.61 Å². The van der Waals surface area contributed by atoms with Crippen molar-refractivity contribution in [3.63, 3.8) is 0 Å². The molecule has 1 amide bonds. The monoisotopic (exact) mass is 451 g/mol. The molecule has 170 valence electrons. The molecule has 3 rings (SSSR count). The summed E-state index contributed by atoms with van der Waals surface area (Å²) >= 11 is 0. The second kappa shape index (κ2) is 8.63. The van der Waals surface area contributed by atoms with Crippen LogP contribution in [0.3, 0.4) is 0 Å². The van der Waals surface area contributed by atoms with E-state index >= 15 is 0 Å². The number of fused-ring (bicyclic) bond motifs is 2. The minimum Gasteiger partial charge on any atom is -0.466 e. The van der Waals surface area contributed by atoms with Gasteiger partial charge in [-0.2, -0.15) is 0 Å². The molecule has 1 N–H and O–H groups in total. The van der Waals surface area contributed by atoms with Gasteiger partial charge in [0.25, 0.3) is 0 Å². The topological polar surface area (TPSA) is 110 Å². The van der Waals surface area contributed by atoms with Gasteiger partial charge in [0.2, 0.25) is 0 Å². The van der Waals surface area contributed by atoms with Gasteiger partial charge in [0.15, 0.2) is 9.84 Å². The molecule has 0 saturated carbocycles. The number of benzene rings is 1. The van der Waals surface area contributed by atoms with Gasteiger partial charge in [-0.15, -0.1) is 0 Å². The predicted octanol–water partition coefficient (Wildman–Crippen LogP) is 1.95. The first-order chi connectivity index (χ1) is 14.5. The minimum atomic E-state index is -3.47. The number of methoxy groups -OCH3 is 1. The summed E-state index contributed by atoms with van der Waals surface area (Å²) in [6.07, 6.45) is 0.0637. The van der Waals surface area contributed by atoms with E-state index in [4.69, 9.17) is 14.6 Å². The molecule has 2 unspecified atom stereocenters. The van der Waals surface area contributed by atoms with Crippen molar-refractivity contribution in [2.24, 2.45) is 0 Å². The zero-order valence-corrected chi connectivity index (χ0v) is 19.1. The zero-order valence-electron chi connectivity index (χ0n) is 18.3. The van der Waals surface area contributed by atoms with E-state index in [0.29, 0.717) is 12.0 Å². The zero-order chi connectivity index (χ0) is 23.0. The molecule has 2 bridgehead atoms. The van der Waals surface area contributed by atoms with Crippen LogP contribution in [0.25, 0.3) is 5.57 Å². The summed E-state index contributed by atoms with van der Waals surface area (Å²) in [7, 11) is -2.23. The molecule has 1 aromatic rings. The first-order valence-electron chi connectivity index (χ1n) is 10.2. The lowest BCUT2D eigenvalue weighted by Gasteiger charge is -2.46. The fraction of sp³-hybridized carbons (Fsp3) is 0.545. The fourth-order valence-corrected chi connectivity index (χ4v) is 5.99. The first kappa shape index (κ1) is 23.3. The van der Waals surface area contributed by atoms with Crippen molar-refractivity contribution in [1.82, 2.24) is 4.90 Å². The average Bonchev–Trinajstić information content (AvgIpc) is 2.65. The first-order valence-corrected chi connectivity index (χ1v) is 12.0. The van der Waals surface area contributed by atoms with Crippen LogP contribution < -0.4 is 0 Å². The van der Waals surface area contributed by atoms with Crippen LogP contribution in [0.15, 0.2) is 29.8 Å². The Hall–Kier alpha value is -2.39. The molecule has 0 spiro atoms. The lowest BCUT2D eigenvalue weighted by atomic mass is 9.85. The molecule has 0 aromatic heterocycles. The Bertz CT molecular complexity index is 990. The van der Waals surface area contributed by atoms with Crippen LogP contribution >= 0.6 is 0 Å². The maximum absolute atomic E-state index is 13.0. The third kappa shape index (κ3) is 5.10. The molecule has 2 aliphatic rings. The van der Waals surface area contributed by atoms with Crippen LogP contribution in [0, 0.1) is 0 Å². The van der Waals surface area contributed by atoms with Gasteiger partial charge in [-0.05, 0) is 50.3 Å². The number of hydrogen-bond donors (Lipinski definition) is 1. The van der Waals surface area contributed by atoms with Gasteiger partial charge >= 0.3 is 12.1 Å². The molecular weight excluding hydrogens is 422 g/mol. The van der Waals surface area contributed by atoms with E-state index < -0.39 is 39.6 Å². The molecule has 2 atom stereocenters. The fourth-order valence-electron chi connectivity index (χ4n) is 4.18. The number of rotatable bonds is 4. The summed E-state index contributed by atoms with van der Waals surface area (Å²) in [6, 6.07) is 5.79. The van der Waals surface area contributed by atoms with Crippen molar-refractivity contribution in [2.45, 2.75) is 51.3 Å². The predicted molar refractivity (Wildman–Crippen MR) is 115 cm³/mol. The summed E-state index contributed by atoms with van der Waals surface area (Å²) < 4.78 is 35.6. The molecule has 8 nitrogen and oxygen atoms in total. The molecule has 1 saturated heterocycles. The van der Waals surface area contributed by atoms with E-state index in [1.54, 1.807) is 20.8 Å². The summed E-state index contributed by atoms with van der Waals surface area (Å²) in [6.45, 7) is 5.23. The number of nitrogens with zero attached hydrogens (tertiary/aromatic N) is 1. The lowest BCUT2D eigenvalue weighted by Crippen LogP contribution is -2.61. The second-order valence-corrected chi connectivity index (χ2v) is 11.0. The molecule has 2 aliphatic heterocycles. The number of carbonyl (C=O) groups excluding carboxylic acids is 2. The molecule has 1 fully saturated rings. The molecule has 2 heterocycles. The van der Waals surface area contributed by atoms with E-state index in [0.717, 1.165) is 11.1 Å². The molecule has 0 radical (unpaired) electrons. The van der Waals surface area contributed by atoms with Gasteiger partial charge in [-0.1, -0.05) is 24.3 Å². The number of esters is 1. The Morgan fingerprint density at radius 2 is 1.81 bits per heavy atom. The standard InChI is InChI=1S/C22H29NO7S/c1-22(2,3)30-21(26)23-16-11-17(15-7-5-14(6-8-15)9-10-24)19(20(25)29-4)18(23)13-31(27,28)12-16/h5-8,16,18,24H,9-13H2,1-4H3. The van der Waals surface area contributed by atoms with Crippen molar-refractivity contribution in [1.29, 1.82) is 0 Å². The van der Waals surface area contributed by atoms with Gasteiger partial charge in [0.05, 0.1) is 36.3 Å². The van der Waals surface area contributed by atoms with Crippen molar-refractivity contribution >= 4 is 27.5 Å². The Balaban J connectivity index is 2.11. The number of aliphatic hydroxyl groups is 1. The van der Waals surface area contributed by atoms with E-state index in [1.807, 2.05) is 24.3 Å². The Kier molecular flexibility index (Phi) is 6.48. The van der Waals surface area contributed by atoms with Gasteiger partial charge in [-0.3, -0.25) is 4.90 Å². The third-order valence-electron chi connectivity index (χ3n) is 5.40. The summed E-state index contributed by atoms with van der Waals surface area (Å²) in [5.74, 6) is -1.22. The lowest BCUT2D eigenvalue weighted by molar-refractivity contribution is -0.136. The average molecular weight is 452 g/mol. The molecule has 0 aliphatic carbocycles. The summed E-state index contributed by atoms with van der Waals surface area (Å²) in [5.41, 5.74) is 1.79. The summed E-state index contributed by atoms with van der Waals surface area (Å²) in [5, 5.41) is 9.13. The maximum atomic E-state index is 13.0. The van der Waals surface area contributed by atoms with Crippen molar-refractivity contribution in [2.75, 3.05) is 25.2 Å². The van der Waals surface area contributed by atoms with Crippen LogP contribution in [0.5, 0.6) is 0 Å². The number of aliphatic hydroxyl groups excluding tert-OH is 1. The Morgan fingerprint density at radius 1 is 1.16 bits per heavy atom. The Morgan fingerprint density at radius 3 is 2.35 bits per heavy atom. The highest BCUT2D eigenvalue weighted by atomic mass is 32.2. The second-order valence-electron chi connectivity index (χ2n) is 8.89. The molecule has 1 aromatic carbocycles. The normalized spacial score (nSPS) is 22.8. The van der Waals surface area contributed by atoms with Crippen molar-refractivity contribution in [3.8, 4) is 0 Å². The number of carbonyl (C=O) groups is 2. The Labute approximate surface area is 182 Å². The van der Waals surface area contributed by atoms with Crippen molar-refractivity contribution in [3.05, 3.63) is 41.0 Å². The number of sulfone groups is 1.